The van der Waals surface area contributed by atoms with E-state index in [0.29, 0.717) is 18.9 Å². The van der Waals surface area contributed by atoms with Gasteiger partial charge in [0.2, 0.25) is 0 Å². The van der Waals surface area contributed by atoms with E-state index in [2.05, 4.69) is 0 Å². The zero-order valence-electron chi connectivity index (χ0n) is 8.41. The van der Waals surface area contributed by atoms with Crippen molar-refractivity contribution in [2.75, 3.05) is 0 Å². The third-order valence-corrected chi connectivity index (χ3v) is 6.40. The Kier molecular flexibility index (Phi) is 1.80. The second-order valence-corrected chi connectivity index (χ2v) is 6.90. The summed E-state index contributed by atoms with van der Waals surface area (Å²) in [5.74, 6) is -1.47. The molecule has 2 aliphatic rings. The Morgan fingerprint density at radius 3 is 2.19 bits per heavy atom. The number of sulfone groups is 1. The fourth-order valence-electron chi connectivity index (χ4n) is 2.61. The number of rotatable bonds is 2. The number of benzene rings is 1. The van der Waals surface area contributed by atoms with Gasteiger partial charge in [0.15, 0.2) is 9.84 Å². The molecule has 2 fully saturated rings. The summed E-state index contributed by atoms with van der Waals surface area (Å²) in [5, 5.41) is 0. The van der Waals surface area contributed by atoms with Crippen molar-refractivity contribution in [2.45, 2.75) is 28.9 Å². The first-order valence-corrected chi connectivity index (χ1v) is 6.65. The molecule has 5 heteroatoms. The summed E-state index contributed by atoms with van der Waals surface area (Å²) in [6.07, 6.45) is 2.18. The summed E-state index contributed by atoms with van der Waals surface area (Å²) in [5.41, 5.74) is 0. The van der Waals surface area contributed by atoms with Crippen LogP contribution < -0.4 is 0 Å². The van der Waals surface area contributed by atoms with E-state index in [9.17, 15) is 17.2 Å². The second-order valence-electron chi connectivity index (χ2n) is 4.61. The average molecular weight is 244 g/mol. The summed E-state index contributed by atoms with van der Waals surface area (Å²) in [4.78, 5) is -0.216. The molecule has 0 bridgehead atoms. The van der Waals surface area contributed by atoms with Gasteiger partial charge >= 0.3 is 0 Å². The summed E-state index contributed by atoms with van der Waals surface area (Å²) < 4.78 is 49.6. The molecule has 1 aromatic carbocycles. The predicted octanol–water partition coefficient (Wildman–Crippen LogP) is 2.29. The van der Waals surface area contributed by atoms with E-state index in [1.165, 1.54) is 0 Å². The normalized spacial score (nSPS) is 31.8. The molecule has 2 nitrogen and oxygen atoms in total. The summed E-state index contributed by atoms with van der Waals surface area (Å²) >= 11 is 0. The standard InChI is InChI=1S/C11H10F2O2S/c12-8-3-9(13)5-10(4-8)16(14,15)11-2-1-7(11)6-11/h3-5,7H,1-2,6H2/t7-,11-/m1/s1. The third-order valence-electron chi connectivity index (χ3n) is 3.77. The Morgan fingerprint density at radius 2 is 1.81 bits per heavy atom. The number of fused-ring (bicyclic) bond motifs is 1. The van der Waals surface area contributed by atoms with Crippen molar-refractivity contribution in [1.29, 1.82) is 0 Å². The van der Waals surface area contributed by atoms with E-state index in [1.807, 2.05) is 0 Å². The Balaban J connectivity index is 2.10. The SMILES string of the molecule is O=S(=O)(c1cc(F)cc(F)c1)[C@@]12CC[C@@H]1C2. The van der Waals surface area contributed by atoms with E-state index in [4.69, 9.17) is 0 Å². The first kappa shape index (κ1) is 10.2. The minimum absolute atomic E-state index is 0.212. The largest absolute Gasteiger partial charge is 0.223 e. The monoisotopic (exact) mass is 244 g/mol. The van der Waals surface area contributed by atoms with Crippen LogP contribution in [0.3, 0.4) is 0 Å². The van der Waals surface area contributed by atoms with Crippen LogP contribution >= 0.6 is 0 Å². The number of hydrogen-bond acceptors (Lipinski definition) is 2. The lowest BCUT2D eigenvalue weighted by molar-refractivity contribution is 0.462. The lowest BCUT2D eigenvalue weighted by Crippen LogP contribution is -2.32. The van der Waals surface area contributed by atoms with Crippen LogP contribution in [-0.4, -0.2) is 13.2 Å². The lowest BCUT2D eigenvalue weighted by Gasteiger charge is -2.25. The molecule has 0 radical (unpaired) electrons. The minimum atomic E-state index is -3.55. The highest BCUT2D eigenvalue weighted by Gasteiger charge is 2.69. The van der Waals surface area contributed by atoms with Gasteiger partial charge in [0.25, 0.3) is 0 Å². The first-order valence-electron chi connectivity index (χ1n) is 5.16. The lowest BCUT2D eigenvalue weighted by atomic mass is 10.00. The second kappa shape index (κ2) is 2.83. The van der Waals surface area contributed by atoms with Crippen LogP contribution in [0.25, 0.3) is 0 Å². The first-order chi connectivity index (χ1) is 7.46. The number of halogens is 2. The average Bonchev–Trinajstić information content (AvgIpc) is 2.67. The van der Waals surface area contributed by atoms with Crippen LogP contribution in [-0.2, 0) is 9.84 Å². The molecule has 16 heavy (non-hydrogen) atoms. The van der Waals surface area contributed by atoms with E-state index >= 15 is 0 Å². The fourth-order valence-corrected chi connectivity index (χ4v) is 4.98. The van der Waals surface area contributed by atoms with Crippen molar-refractivity contribution in [3.8, 4) is 0 Å². The van der Waals surface area contributed by atoms with Crippen molar-refractivity contribution in [2.24, 2.45) is 5.92 Å². The zero-order valence-corrected chi connectivity index (χ0v) is 9.23. The zero-order chi connectivity index (χ0) is 11.6. The maximum Gasteiger partial charge on any atom is 0.184 e. The molecule has 2 saturated carbocycles. The highest BCUT2D eigenvalue weighted by atomic mass is 32.2. The molecule has 0 aliphatic heterocycles. The molecule has 0 aromatic heterocycles. The van der Waals surface area contributed by atoms with E-state index < -0.39 is 26.2 Å². The molecule has 86 valence electrons. The smallest absolute Gasteiger partial charge is 0.184 e. The van der Waals surface area contributed by atoms with Crippen LogP contribution in [0.1, 0.15) is 19.3 Å². The van der Waals surface area contributed by atoms with E-state index in [-0.39, 0.29) is 10.8 Å². The van der Waals surface area contributed by atoms with E-state index in [0.717, 1.165) is 18.6 Å². The molecular formula is C11H10F2O2S. The number of hydrogen-bond donors (Lipinski definition) is 0. The van der Waals surface area contributed by atoms with Crippen molar-refractivity contribution in [3.63, 3.8) is 0 Å². The van der Waals surface area contributed by atoms with E-state index in [1.54, 1.807) is 0 Å². The quantitative estimate of drug-likeness (QED) is 0.800. The molecule has 1 aromatic rings. The van der Waals surface area contributed by atoms with Crippen molar-refractivity contribution >= 4 is 9.84 Å². The van der Waals surface area contributed by atoms with Gasteiger partial charge < -0.3 is 0 Å². The molecule has 0 heterocycles. The Labute approximate surface area is 92.2 Å². The van der Waals surface area contributed by atoms with Crippen LogP contribution in [0, 0.1) is 17.6 Å². The maximum absolute atomic E-state index is 13.0. The molecular weight excluding hydrogens is 234 g/mol. The van der Waals surface area contributed by atoms with Gasteiger partial charge in [-0.25, -0.2) is 17.2 Å². The van der Waals surface area contributed by atoms with Gasteiger partial charge in [-0.1, -0.05) is 0 Å². The highest BCUT2D eigenvalue weighted by Crippen LogP contribution is 2.66. The molecule has 0 amide bonds. The predicted molar refractivity (Wildman–Crippen MR) is 53.6 cm³/mol. The molecule has 0 spiro atoms. The molecule has 3 rings (SSSR count). The molecule has 2 atom stereocenters. The van der Waals surface area contributed by atoms with Crippen molar-refractivity contribution < 1.29 is 17.2 Å². The van der Waals surface area contributed by atoms with Crippen molar-refractivity contribution in [1.82, 2.24) is 0 Å². The maximum atomic E-state index is 13.0. The molecule has 0 N–H and O–H groups in total. The molecule has 2 aliphatic carbocycles. The van der Waals surface area contributed by atoms with Gasteiger partial charge in [0, 0.05) is 6.07 Å². The van der Waals surface area contributed by atoms with Crippen LogP contribution in [0.4, 0.5) is 8.78 Å². The topological polar surface area (TPSA) is 34.1 Å². The third kappa shape index (κ3) is 1.12. The molecule has 0 unspecified atom stereocenters. The molecule has 0 saturated heterocycles. The summed E-state index contributed by atoms with van der Waals surface area (Å²) in [6.45, 7) is 0. The van der Waals surface area contributed by atoms with Crippen molar-refractivity contribution in [3.05, 3.63) is 29.8 Å². The van der Waals surface area contributed by atoms with Gasteiger partial charge in [-0.15, -0.1) is 0 Å². The van der Waals surface area contributed by atoms with Gasteiger partial charge in [-0.2, -0.15) is 0 Å². The Hall–Kier alpha value is -0.970. The van der Waals surface area contributed by atoms with Gasteiger partial charge in [0.05, 0.1) is 9.64 Å². The fraction of sp³-hybridized carbons (Fsp3) is 0.455. The summed E-state index contributed by atoms with van der Waals surface area (Å²) in [7, 11) is -3.55. The summed E-state index contributed by atoms with van der Waals surface area (Å²) in [6, 6.07) is 2.49. The van der Waals surface area contributed by atoms with Crippen LogP contribution in [0.5, 0.6) is 0 Å². The van der Waals surface area contributed by atoms with Gasteiger partial charge in [0.1, 0.15) is 11.6 Å². The minimum Gasteiger partial charge on any atom is -0.223 e. The Bertz CT molecular complexity index is 543. The Morgan fingerprint density at radius 1 is 1.19 bits per heavy atom. The van der Waals surface area contributed by atoms with Gasteiger partial charge in [-0.05, 0) is 37.3 Å². The van der Waals surface area contributed by atoms with Crippen LogP contribution in [0.15, 0.2) is 23.1 Å². The highest BCUT2D eigenvalue weighted by molar-refractivity contribution is 7.93. The van der Waals surface area contributed by atoms with Crippen LogP contribution in [0.2, 0.25) is 0 Å². The van der Waals surface area contributed by atoms with Gasteiger partial charge in [-0.3, -0.25) is 0 Å².